The summed E-state index contributed by atoms with van der Waals surface area (Å²) >= 11 is 6.36. The average Bonchev–Trinajstić information content (AvgIpc) is 2.60. The van der Waals surface area contributed by atoms with Gasteiger partial charge in [-0.05, 0) is 57.0 Å². The Morgan fingerprint density at radius 2 is 1.85 bits per heavy atom. The van der Waals surface area contributed by atoms with Crippen LogP contribution in [0.5, 0.6) is 5.75 Å². The standard InChI is InChI=1S/C20H22ClN5O/c1-12(2)27-17-8-6-5-7-16(17)23-20-25-18(11-22-26-20)24-19-14(4)9-13(3)10-15(19)21/h5-12H,1-4H3,(H2,23,24,25,26). The molecule has 0 radical (unpaired) electrons. The number of aromatic nitrogens is 3. The van der Waals surface area contributed by atoms with Crippen LogP contribution in [0.1, 0.15) is 25.0 Å². The van der Waals surface area contributed by atoms with E-state index in [9.17, 15) is 0 Å². The Morgan fingerprint density at radius 1 is 1.07 bits per heavy atom. The van der Waals surface area contributed by atoms with E-state index >= 15 is 0 Å². The van der Waals surface area contributed by atoms with Gasteiger partial charge in [-0.15, -0.1) is 5.10 Å². The number of para-hydroxylation sites is 2. The zero-order chi connectivity index (χ0) is 19.4. The lowest BCUT2D eigenvalue weighted by Crippen LogP contribution is -2.08. The van der Waals surface area contributed by atoms with Gasteiger partial charge in [0.25, 0.3) is 0 Å². The first-order chi connectivity index (χ1) is 12.9. The topological polar surface area (TPSA) is 72.0 Å². The van der Waals surface area contributed by atoms with Crippen LogP contribution >= 0.6 is 11.6 Å². The molecular weight excluding hydrogens is 362 g/mol. The van der Waals surface area contributed by atoms with Crippen LogP contribution in [-0.4, -0.2) is 21.3 Å². The van der Waals surface area contributed by atoms with E-state index in [1.807, 2.05) is 58.0 Å². The van der Waals surface area contributed by atoms with Crippen LogP contribution in [0, 0.1) is 13.8 Å². The lowest BCUT2D eigenvalue weighted by atomic mass is 10.1. The second-order valence-electron chi connectivity index (χ2n) is 6.52. The van der Waals surface area contributed by atoms with Gasteiger partial charge in [0, 0.05) is 0 Å². The smallest absolute Gasteiger partial charge is 0.249 e. The highest BCUT2D eigenvalue weighted by atomic mass is 35.5. The minimum Gasteiger partial charge on any atom is -0.489 e. The molecule has 1 heterocycles. The highest BCUT2D eigenvalue weighted by molar-refractivity contribution is 6.33. The molecule has 3 rings (SSSR count). The summed E-state index contributed by atoms with van der Waals surface area (Å²) in [6.07, 6.45) is 1.61. The molecule has 0 saturated carbocycles. The number of benzene rings is 2. The third-order valence-electron chi connectivity index (χ3n) is 3.74. The number of rotatable bonds is 6. The van der Waals surface area contributed by atoms with Crippen LogP contribution in [0.3, 0.4) is 0 Å². The van der Waals surface area contributed by atoms with E-state index in [4.69, 9.17) is 16.3 Å². The molecule has 0 atom stereocenters. The second-order valence-corrected chi connectivity index (χ2v) is 6.92. The molecule has 7 heteroatoms. The van der Waals surface area contributed by atoms with Gasteiger partial charge in [-0.1, -0.05) is 29.8 Å². The van der Waals surface area contributed by atoms with Gasteiger partial charge >= 0.3 is 0 Å². The summed E-state index contributed by atoms with van der Waals surface area (Å²) in [7, 11) is 0. The monoisotopic (exact) mass is 383 g/mol. The molecule has 0 aliphatic carbocycles. The Labute approximate surface area is 164 Å². The number of hydrogen-bond donors (Lipinski definition) is 2. The van der Waals surface area contributed by atoms with Crippen molar-refractivity contribution in [2.45, 2.75) is 33.8 Å². The molecule has 0 saturated heterocycles. The fourth-order valence-electron chi connectivity index (χ4n) is 2.67. The SMILES string of the molecule is Cc1cc(C)c(Nc2cnnc(Nc3ccccc3OC(C)C)n2)c(Cl)c1. The number of anilines is 4. The van der Waals surface area contributed by atoms with Gasteiger partial charge < -0.3 is 15.4 Å². The van der Waals surface area contributed by atoms with Crippen LogP contribution < -0.4 is 15.4 Å². The van der Waals surface area contributed by atoms with Gasteiger partial charge in [-0.3, -0.25) is 0 Å². The molecule has 2 aromatic carbocycles. The van der Waals surface area contributed by atoms with Crippen molar-refractivity contribution in [1.82, 2.24) is 15.2 Å². The normalized spacial score (nSPS) is 10.7. The molecule has 2 N–H and O–H groups in total. The number of halogens is 1. The molecule has 140 valence electrons. The van der Waals surface area contributed by atoms with Crippen LogP contribution in [-0.2, 0) is 0 Å². The largest absolute Gasteiger partial charge is 0.489 e. The number of nitrogens with zero attached hydrogens (tertiary/aromatic N) is 3. The predicted molar refractivity (Wildman–Crippen MR) is 110 cm³/mol. The third kappa shape index (κ3) is 4.86. The minimum absolute atomic E-state index is 0.0617. The predicted octanol–water partition coefficient (Wildman–Crippen LogP) is 5.42. The van der Waals surface area contributed by atoms with Crippen molar-refractivity contribution in [2.75, 3.05) is 10.6 Å². The van der Waals surface area contributed by atoms with Crippen LogP contribution in [0.25, 0.3) is 0 Å². The zero-order valence-electron chi connectivity index (χ0n) is 15.7. The van der Waals surface area contributed by atoms with Gasteiger partial charge in [-0.25, -0.2) is 0 Å². The van der Waals surface area contributed by atoms with Gasteiger partial charge in [0.15, 0.2) is 5.82 Å². The van der Waals surface area contributed by atoms with Gasteiger partial charge in [0.1, 0.15) is 5.75 Å². The van der Waals surface area contributed by atoms with Crippen molar-refractivity contribution in [2.24, 2.45) is 0 Å². The Kier molecular flexibility index (Phi) is 5.76. The molecular formula is C20H22ClN5O. The molecule has 0 amide bonds. The Morgan fingerprint density at radius 3 is 2.59 bits per heavy atom. The van der Waals surface area contributed by atoms with Crippen molar-refractivity contribution in [3.8, 4) is 5.75 Å². The van der Waals surface area contributed by atoms with Crippen molar-refractivity contribution in [1.29, 1.82) is 0 Å². The van der Waals surface area contributed by atoms with E-state index in [1.165, 1.54) is 0 Å². The molecule has 27 heavy (non-hydrogen) atoms. The fourth-order valence-corrected chi connectivity index (χ4v) is 3.03. The Bertz CT molecular complexity index is 922. The maximum absolute atomic E-state index is 6.36. The van der Waals surface area contributed by atoms with Gasteiger partial charge in [0.2, 0.25) is 5.95 Å². The van der Waals surface area contributed by atoms with E-state index < -0.39 is 0 Å². The van der Waals surface area contributed by atoms with Crippen molar-refractivity contribution >= 4 is 34.7 Å². The first-order valence-corrected chi connectivity index (χ1v) is 9.06. The maximum atomic E-state index is 6.36. The summed E-state index contributed by atoms with van der Waals surface area (Å²) in [5.41, 5.74) is 3.71. The Hall–Kier alpha value is -2.86. The zero-order valence-corrected chi connectivity index (χ0v) is 16.5. The van der Waals surface area contributed by atoms with Crippen LogP contribution in [0.15, 0.2) is 42.6 Å². The molecule has 0 aliphatic heterocycles. The first kappa shape index (κ1) is 18.9. The number of nitrogens with one attached hydrogen (secondary N) is 2. The highest BCUT2D eigenvalue weighted by Crippen LogP contribution is 2.30. The van der Waals surface area contributed by atoms with Crippen LogP contribution in [0.2, 0.25) is 5.02 Å². The molecule has 0 fully saturated rings. The van der Waals surface area contributed by atoms with Crippen molar-refractivity contribution in [3.63, 3.8) is 0 Å². The minimum atomic E-state index is 0.0617. The number of aryl methyl sites for hydroxylation is 2. The van der Waals surface area contributed by atoms with E-state index in [0.717, 1.165) is 28.3 Å². The summed E-state index contributed by atoms with van der Waals surface area (Å²) in [6, 6.07) is 11.6. The molecule has 3 aromatic rings. The third-order valence-corrected chi connectivity index (χ3v) is 4.04. The summed E-state index contributed by atoms with van der Waals surface area (Å²) in [5.74, 6) is 1.64. The lowest BCUT2D eigenvalue weighted by molar-refractivity contribution is 0.244. The van der Waals surface area contributed by atoms with Crippen LogP contribution in [0.4, 0.5) is 23.1 Å². The fraction of sp³-hybridized carbons (Fsp3) is 0.250. The maximum Gasteiger partial charge on any atom is 0.249 e. The summed E-state index contributed by atoms with van der Waals surface area (Å²) in [4.78, 5) is 4.48. The number of ether oxygens (including phenoxy) is 1. The van der Waals surface area contributed by atoms with E-state index in [1.54, 1.807) is 6.20 Å². The van der Waals surface area contributed by atoms with E-state index in [-0.39, 0.29) is 6.10 Å². The van der Waals surface area contributed by atoms with Gasteiger partial charge in [-0.2, -0.15) is 10.1 Å². The Balaban J connectivity index is 1.83. The summed E-state index contributed by atoms with van der Waals surface area (Å²) in [6.45, 7) is 7.96. The van der Waals surface area contributed by atoms with Gasteiger partial charge in [0.05, 0.1) is 28.7 Å². The second kappa shape index (κ2) is 8.22. The summed E-state index contributed by atoms with van der Waals surface area (Å²) < 4.78 is 5.81. The molecule has 0 unspecified atom stereocenters. The first-order valence-electron chi connectivity index (χ1n) is 8.68. The number of hydrogen-bond acceptors (Lipinski definition) is 6. The molecule has 0 bridgehead atoms. The van der Waals surface area contributed by atoms with Crippen molar-refractivity contribution < 1.29 is 4.74 Å². The molecule has 6 nitrogen and oxygen atoms in total. The average molecular weight is 384 g/mol. The van der Waals surface area contributed by atoms with E-state index in [0.29, 0.717) is 16.8 Å². The van der Waals surface area contributed by atoms with Crippen molar-refractivity contribution in [3.05, 3.63) is 58.7 Å². The quantitative estimate of drug-likeness (QED) is 0.592. The summed E-state index contributed by atoms with van der Waals surface area (Å²) in [5, 5.41) is 15.1. The molecule has 0 spiro atoms. The highest BCUT2D eigenvalue weighted by Gasteiger charge is 2.10. The lowest BCUT2D eigenvalue weighted by Gasteiger charge is -2.15. The molecule has 0 aliphatic rings. The molecule has 1 aromatic heterocycles. The van der Waals surface area contributed by atoms with E-state index in [2.05, 4.69) is 31.9 Å².